The minimum absolute atomic E-state index is 0.00721. The molecular formula is C16H17N3O4. The molecule has 1 aliphatic rings. The van der Waals surface area contributed by atoms with Crippen LogP contribution in [0.25, 0.3) is 0 Å². The van der Waals surface area contributed by atoms with Gasteiger partial charge in [0.2, 0.25) is 6.04 Å². The van der Waals surface area contributed by atoms with Crippen LogP contribution in [0.2, 0.25) is 0 Å². The summed E-state index contributed by atoms with van der Waals surface area (Å²) in [6, 6.07) is 4.99. The maximum absolute atomic E-state index is 11.2. The normalized spacial score (nSPS) is 24.7. The number of aliphatic imine (C=N–C) groups is 1. The average Bonchev–Trinajstić information content (AvgIpc) is 2.52. The molecule has 1 aliphatic carbocycles. The Kier molecular flexibility index (Phi) is 4.68. The topological polar surface area (TPSA) is 98.6 Å². The highest BCUT2D eigenvalue weighted by Gasteiger charge is 2.39. The first-order valence-corrected chi connectivity index (χ1v) is 7.12. The summed E-state index contributed by atoms with van der Waals surface area (Å²) >= 11 is 0. The van der Waals surface area contributed by atoms with Crippen LogP contribution in [0.5, 0.6) is 0 Å². The van der Waals surface area contributed by atoms with Crippen LogP contribution in [-0.4, -0.2) is 22.1 Å². The zero-order valence-corrected chi connectivity index (χ0v) is 12.8. The van der Waals surface area contributed by atoms with Crippen molar-refractivity contribution < 1.29 is 9.85 Å². The average molecular weight is 315 g/mol. The summed E-state index contributed by atoms with van der Waals surface area (Å²) in [4.78, 5) is 25.8. The molecule has 7 nitrogen and oxygen atoms in total. The van der Waals surface area contributed by atoms with Crippen LogP contribution in [0.15, 0.2) is 53.6 Å². The summed E-state index contributed by atoms with van der Waals surface area (Å²) in [7, 11) is 0. The van der Waals surface area contributed by atoms with Gasteiger partial charge in [-0.3, -0.25) is 25.2 Å². The van der Waals surface area contributed by atoms with Gasteiger partial charge in [0.1, 0.15) is 0 Å². The van der Waals surface area contributed by atoms with Crippen LogP contribution >= 0.6 is 0 Å². The second-order valence-corrected chi connectivity index (χ2v) is 5.61. The maximum Gasteiger partial charge on any atom is 0.274 e. The Morgan fingerprint density at radius 3 is 2.61 bits per heavy atom. The van der Waals surface area contributed by atoms with Gasteiger partial charge in [-0.25, -0.2) is 0 Å². The molecule has 0 bridgehead atoms. The van der Waals surface area contributed by atoms with Gasteiger partial charge in [0.05, 0.1) is 21.9 Å². The van der Waals surface area contributed by atoms with Crippen molar-refractivity contribution in [2.75, 3.05) is 0 Å². The molecule has 0 saturated heterocycles. The highest BCUT2D eigenvalue weighted by Crippen LogP contribution is 2.31. The zero-order valence-electron chi connectivity index (χ0n) is 12.8. The molecule has 3 atom stereocenters. The number of benzene rings is 1. The lowest BCUT2D eigenvalue weighted by molar-refractivity contribution is -0.520. The van der Waals surface area contributed by atoms with Crippen molar-refractivity contribution in [3.8, 4) is 0 Å². The molecule has 7 heteroatoms. The lowest BCUT2D eigenvalue weighted by Crippen LogP contribution is -2.38. The number of hydrogen-bond acceptors (Lipinski definition) is 5. The van der Waals surface area contributed by atoms with E-state index in [-0.39, 0.29) is 10.6 Å². The number of hydrogen-bond donors (Lipinski definition) is 0. The van der Waals surface area contributed by atoms with Gasteiger partial charge in [-0.05, 0) is 19.9 Å². The van der Waals surface area contributed by atoms with Crippen molar-refractivity contribution in [3.63, 3.8) is 0 Å². The van der Waals surface area contributed by atoms with Crippen LogP contribution in [0.3, 0.4) is 0 Å². The number of para-hydroxylation sites is 1. The quantitative estimate of drug-likeness (QED) is 0.471. The fourth-order valence-electron chi connectivity index (χ4n) is 2.51. The number of allylic oxidation sites excluding steroid dienone is 2. The number of nitro benzene ring substituents is 1. The Hall–Kier alpha value is -2.83. The molecule has 2 rings (SSSR count). The van der Waals surface area contributed by atoms with Gasteiger partial charge in [-0.2, -0.15) is 0 Å². The van der Waals surface area contributed by atoms with E-state index in [2.05, 4.69) is 4.99 Å². The third-order valence-electron chi connectivity index (χ3n) is 3.88. The molecule has 0 aliphatic heterocycles. The van der Waals surface area contributed by atoms with Gasteiger partial charge in [0, 0.05) is 17.2 Å². The summed E-state index contributed by atoms with van der Waals surface area (Å²) in [6.45, 7) is 3.45. The van der Waals surface area contributed by atoms with Crippen molar-refractivity contribution in [3.05, 3.63) is 74.4 Å². The molecule has 0 aromatic heterocycles. The van der Waals surface area contributed by atoms with Crippen LogP contribution in [0, 0.1) is 25.6 Å². The second kappa shape index (κ2) is 6.51. The Balaban J connectivity index is 2.29. The van der Waals surface area contributed by atoms with E-state index in [1.807, 2.05) is 0 Å². The molecular weight excluding hydrogens is 298 g/mol. The van der Waals surface area contributed by atoms with Crippen LogP contribution < -0.4 is 0 Å². The van der Waals surface area contributed by atoms with Gasteiger partial charge in [0.15, 0.2) is 0 Å². The second-order valence-electron chi connectivity index (χ2n) is 5.61. The van der Waals surface area contributed by atoms with Gasteiger partial charge in [0.25, 0.3) is 5.69 Å². The first-order valence-electron chi connectivity index (χ1n) is 7.12. The van der Waals surface area contributed by atoms with Crippen LogP contribution in [0.4, 0.5) is 5.69 Å². The number of nitrogens with zero attached hydrogens (tertiary/aromatic N) is 3. The molecule has 3 unspecified atom stereocenters. The smallest absolute Gasteiger partial charge is 0.274 e. The molecule has 0 amide bonds. The van der Waals surface area contributed by atoms with E-state index < -0.39 is 22.4 Å². The predicted molar refractivity (Wildman–Crippen MR) is 87.2 cm³/mol. The Morgan fingerprint density at radius 2 is 1.96 bits per heavy atom. The van der Waals surface area contributed by atoms with E-state index in [0.29, 0.717) is 5.56 Å². The Morgan fingerprint density at radius 1 is 1.26 bits per heavy atom. The first-order chi connectivity index (χ1) is 10.8. The highest BCUT2D eigenvalue weighted by molar-refractivity contribution is 5.71. The minimum Gasteiger partial charge on any atom is -0.288 e. The lowest BCUT2D eigenvalue weighted by Gasteiger charge is -2.25. The fourth-order valence-corrected chi connectivity index (χ4v) is 2.51. The van der Waals surface area contributed by atoms with Crippen LogP contribution in [0.1, 0.15) is 25.5 Å². The first kappa shape index (κ1) is 16.5. The van der Waals surface area contributed by atoms with Crippen molar-refractivity contribution >= 4 is 11.9 Å². The van der Waals surface area contributed by atoms with Crippen molar-refractivity contribution in [2.45, 2.75) is 25.9 Å². The van der Waals surface area contributed by atoms with Crippen molar-refractivity contribution in [1.29, 1.82) is 0 Å². The van der Waals surface area contributed by atoms with E-state index in [9.17, 15) is 20.2 Å². The molecule has 0 radical (unpaired) electrons. The minimum atomic E-state index is -0.908. The molecule has 0 N–H and O–H groups in total. The van der Waals surface area contributed by atoms with E-state index in [0.717, 1.165) is 0 Å². The molecule has 1 aromatic rings. The van der Waals surface area contributed by atoms with Gasteiger partial charge in [-0.15, -0.1) is 0 Å². The number of nitro groups is 2. The van der Waals surface area contributed by atoms with Gasteiger partial charge < -0.3 is 0 Å². The maximum atomic E-state index is 11.2. The molecule has 0 heterocycles. The Labute approximate surface area is 133 Å². The lowest BCUT2D eigenvalue weighted by atomic mass is 9.80. The third-order valence-corrected chi connectivity index (χ3v) is 3.88. The highest BCUT2D eigenvalue weighted by atomic mass is 16.6. The van der Waals surface area contributed by atoms with Gasteiger partial charge in [-0.1, -0.05) is 36.4 Å². The summed E-state index contributed by atoms with van der Waals surface area (Å²) in [6.07, 6.45) is 8.12. The molecule has 0 fully saturated rings. The standard InChI is InChI=1S/C16H17N3O4/c1-12(13-7-3-4-8-14(13)18(20)21)17-11-16(2)10-6-5-9-15(16)19(22)23/h3-12,15H,1-2H3. The van der Waals surface area contributed by atoms with E-state index in [4.69, 9.17) is 0 Å². The predicted octanol–water partition coefficient (Wildman–Crippen LogP) is 3.50. The van der Waals surface area contributed by atoms with Gasteiger partial charge >= 0.3 is 0 Å². The van der Waals surface area contributed by atoms with Crippen molar-refractivity contribution in [2.24, 2.45) is 10.4 Å². The van der Waals surface area contributed by atoms with E-state index in [1.54, 1.807) is 50.3 Å². The van der Waals surface area contributed by atoms with E-state index >= 15 is 0 Å². The molecule has 0 saturated carbocycles. The Bertz CT molecular complexity index is 711. The fraction of sp³-hybridized carbons (Fsp3) is 0.312. The molecule has 0 spiro atoms. The SMILES string of the molecule is CC(N=CC1(C)C=CC=CC1[N+](=O)[O-])c1ccccc1[N+](=O)[O-]. The molecule has 120 valence electrons. The summed E-state index contributed by atoms with van der Waals surface area (Å²) in [5.41, 5.74) is -0.395. The zero-order chi connectivity index (χ0) is 17.0. The largest absolute Gasteiger partial charge is 0.288 e. The monoisotopic (exact) mass is 315 g/mol. The summed E-state index contributed by atoms with van der Waals surface area (Å²) in [5.74, 6) is 0. The van der Waals surface area contributed by atoms with Crippen LogP contribution in [-0.2, 0) is 0 Å². The molecule has 1 aromatic carbocycles. The molecule has 23 heavy (non-hydrogen) atoms. The number of rotatable bonds is 5. The van der Waals surface area contributed by atoms with Crippen molar-refractivity contribution in [1.82, 2.24) is 0 Å². The van der Waals surface area contributed by atoms with E-state index in [1.165, 1.54) is 18.4 Å². The summed E-state index contributed by atoms with van der Waals surface area (Å²) < 4.78 is 0. The summed E-state index contributed by atoms with van der Waals surface area (Å²) in [5, 5.41) is 22.3. The third kappa shape index (κ3) is 3.50.